The van der Waals surface area contributed by atoms with Crippen molar-refractivity contribution in [2.24, 2.45) is 4.99 Å². The maximum absolute atomic E-state index is 14.1. The van der Waals surface area contributed by atoms with Gasteiger partial charge in [-0.2, -0.15) is 0 Å². The summed E-state index contributed by atoms with van der Waals surface area (Å²) in [5.41, 5.74) is 4.68. The number of esters is 1. The third-order valence-corrected chi connectivity index (χ3v) is 8.30. The summed E-state index contributed by atoms with van der Waals surface area (Å²) in [5.74, 6) is 0.204. The zero-order valence-electron chi connectivity index (χ0n) is 23.9. The van der Waals surface area contributed by atoms with Gasteiger partial charge in [0.1, 0.15) is 5.75 Å². The van der Waals surface area contributed by atoms with E-state index < -0.39 is 12.0 Å². The Morgan fingerprint density at radius 3 is 2.45 bits per heavy atom. The summed E-state index contributed by atoms with van der Waals surface area (Å²) in [6, 6.07) is 25.2. The molecule has 1 aliphatic rings. The van der Waals surface area contributed by atoms with Gasteiger partial charge in [-0.05, 0) is 56.2 Å². The van der Waals surface area contributed by atoms with Crippen LogP contribution in [0, 0.1) is 0 Å². The van der Waals surface area contributed by atoms with Gasteiger partial charge < -0.3 is 14.0 Å². The SMILES string of the molecule is COc1ccc([C@@H]2C(C(=O)OC(C)C)=C(C)N=c3s/c(=C\c4cn(Cc5ccccc5)c5ccccc45)c(=O)n32)cc1. The molecule has 0 fully saturated rings. The number of benzene rings is 3. The smallest absolute Gasteiger partial charge is 0.338 e. The predicted octanol–water partition coefficient (Wildman–Crippen LogP) is 5.20. The Balaban J connectivity index is 1.51. The average molecular weight is 578 g/mol. The second-order valence-corrected chi connectivity index (χ2v) is 11.5. The zero-order valence-corrected chi connectivity index (χ0v) is 24.7. The highest BCUT2D eigenvalue weighted by Gasteiger charge is 2.33. The number of fused-ring (bicyclic) bond motifs is 2. The molecule has 1 atom stereocenters. The number of hydrogen-bond donors (Lipinski definition) is 0. The van der Waals surface area contributed by atoms with E-state index in [0.717, 1.165) is 22.0 Å². The van der Waals surface area contributed by atoms with E-state index in [1.165, 1.54) is 16.9 Å². The molecule has 0 saturated heterocycles. The van der Waals surface area contributed by atoms with Crippen molar-refractivity contribution >= 4 is 34.3 Å². The molecule has 6 rings (SSSR count). The van der Waals surface area contributed by atoms with Crippen LogP contribution in [-0.2, 0) is 16.1 Å². The maximum Gasteiger partial charge on any atom is 0.338 e. The lowest BCUT2D eigenvalue weighted by molar-refractivity contribution is -0.143. The molecule has 3 aromatic carbocycles. The fourth-order valence-electron chi connectivity index (χ4n) is 5.40. The normalized spacial score (nSPS) is 15.2. The monoisotopic (exact) mass is 577 g/mol. The van der Waals surface area contributed by atoms with Crippen molar-refractivity contribution in [2.75, 3.05) is 7.11 Å². The van der Waals surface area contributed by atoms with Gasteiger partial charge in [0.2, 0.25) is 0 Å². The van der Waals surface area contributed by atoms with Gasteiger partial charge in [-0.3, -0.25) is 9.36 Å². The Hall–Kier alpha value is -4.69. The summed E-state index contributed by atoms with van der Waals surface area (Å²) in [6.07, 6.45) is 3.71. The molecule has 0 aliphatic carbocycles. The Morgan fingerprint density at radius 2 is 1.74 bits per heavy atom. The third kappa shape index (κ3) is 5.10. The lowest BCUT2D eigenvalue weighted by atomic mass is 9.96. The Bertz CT molecular complexity index is 2000. The van der Waals surface area contributed by atoms with E-state index in [1.54, 1.807) is 32.4 Å². The van der Waals surface area contributed by atoms with Crippen LogP contribution in [0.3, 0.4) is 0 Å². The van der Waals surface area contributed by atoms with Crippen molar-refractivity contribution in [1.82, 2.24) is 9.13 Å². The number of nitrogens with zero attached hydrogens (tertiary/aromatic N) is 3. The van der Waals surface area contributed by atoms with E-state index >= 15 is 0 Å². The van der Waals surface area contributed by atoms with E-state index in [-0.39, 0.29) is 11.7 Å². The van der Waals surface area contributed by atoms with E-state index in [1.807, 2.05) is 60.7 Å². The van der Waals surface area contributed by atoms with Crippen molar-refractivity contribution in [3.8, 4) is 5.75 Å². The van der Waals surface area contributed by atoms with Crippen LogP contribution in [0.4, 0.5) is 0 Å². The van der Waals surface area contributed by atoms with Crippen molar-refractivity contribution in [2.45, 2.75) is 39.5 Å². The minimum absolute atomic E-state index is 0.207. The number of methoxy groups -OCH3 is 1. The number of thiazole rings is 1. The first-order chi connectivity index (χ1) is 20.3. The largest absolute Gasteiger partial charge is 0.497 e. The van der Waals surface area contributed by atoms with Crippen LogP contribution < -0.4 is 19.6 Å². The van der Waals surface area contributed by atoms with Crippen LogP contribution in [0.1, 0.15) is 43.5 Å². The summed E-state index contributed by atoms with van der Waals surface area (Å²) in [7, 11) is 1.60. The standard InChI is InChI=1S/C34H31N3O4S/c1-21(2)41-33(39)30-22(3)35-34-37(31(30)24-14-16-26(40-4)17-15-24)32(38)29(42-34)18-25-20-36(19-23-10-6-5-7-11-23)28-13-9-8-12-27(25)28/h5-18,20-21,31H,19H2,1-4H3/b29-18-/t31-/m1/s1. The van der Waals surface area contributed by atoms with Crippen LogP contribution in [0.2, 0.25) is 0 Å². The molecule has 0 radical (unpaired) electrons. The minimum Gasteiger partial charge on any atom is -0.497 e. The van der Waals surface area contributed by atoms with Crippen molar-refractivity contribution < 1.29 is 14.3 Å². The third-order valence-electron chi connectivity index (χ3n) is 7.32. The number of para-hydroxylation sites is 1. The van der Waals surface area contributed by atoms with Gasteiger partial charge in [-0.1, -0.05) is 72.0 Å². The molecule has 0 N–H and O–H groups in total. The Morgan fingerprint density at radius 1 is 1.02 bits per heavy atom. The molecule has 42 heavy (non-hydrogen) atoms. The predicted molar refractivity (Wildman–Crippen MR) is 165 cm³/mol. The first kappa shape index (κ1) is 27.5. The molecule has 1 aliphatic heterocycles. The van der Waals surface area contributed by atoms with Crippen LogP contribution in [0.5, 0.6) is 5.75 Å². The van der Waals surface area contributed by atoms with E-state index in [4.69, 9.17) is 14.5 Å². The zero-order chi connectivity index (χ0) is 29.4. The topological polar surface area (TPSA) is 74.8 Å². The van der Waals surface area contributed by atoms with Gasteiger partial charge in [0.15, 0.2) is 4.80 Å². The van der Waals surface area contributed by atoms with Gasteiger partial charge in [0.05, 0.1) is 35.1 Å². The second-order valence-electron chi connectivity index (χ2n) is 10.5. The molecule has 5 aromatic rings. The van der Waals surface area contributed by atoms with Crippen LogP contribution >= 0.6 is 11.3 Å². The number of ether oxygens (including phenoxy) is 2. The fraction of sp³-hybridized carbons (Fsp3) is 0.206. The molecule has 0 bridgehead atoms. The van der Waals surface area contributed by atoms with Crippen molar-refractivity contribution in [1.29, 1.82) is 0 Å². The average Bonchev–Trinajstić information content (AvgIpc) is 3.48. The number of aromatic nitrogens is 2. The van der Waals surface area contributed by atoms with Gasteiger partial charge in [0.25, 0.3) is 5.56 Å². The molecule has 2 aromatic heterocycles. The number of rotatable bonds is 7. The quantitative estimate of drug-likeness (QED) is 0.249. The van der Waals surface area contributed by atoms with Crippen molar-refractivity contribution in [3.63, 3.8) is 0 Å². The summed E-state index contributed by atoms with van der Waals surface area (Å²) in [6.45, 7) is 6.12. The molecule has 212 valence electrons. The van der Waals surface area contributed by atoms with Gasteiger partial charge >= 0.3 is 5.97 Å². The van der Waals surface area contributed by atoms with E-state index in [0.29, 0.717) is 32.9 Å². The van der Waals surface area contributed by atoms with Gasteiger partial charge in [-0.15, -0.1) is 0 Å². The van der Waals surface area contributed by atoms with Crippen LogP contribution in [0.25, 0.3) is 17.0 Å². The highest BCUT2D eigenvalue weighted by atomic mass is 32.1. The molecular formula is C34H31N3O4S. The molecule has 7 nitrogen and oxygen atoms in total. The summed E-state index contributed by atoms with van der Waals surface area (Å²) >= 11 is 1.32. The van der Waals surface area contributed by atoms with Crippen molar-refractivity contribution in [3.05, 3.63) is 133 Å². The number of hydrogen-bond acceptors (Lipinski definition) is 6. The van der Waals surface area contributed by atoms with E-state index in [9.17, 15) is 9.59 Å². The highest BCUT2D eigenvalue weighted by molar-refractivity contribution is 7.07. The maximum atomic E-state index is 14.1. The molecule has 0 unspecified atom stereocenters. The molecular weight excluding hydrogens is 546 g/mol. The first-order valence-corrected chi connectivity index (χ1v) is 14.6. The molecule has 8 heteroatoms. The highest BCUT2D eigenvalue weighted by Crippen LogP contribution is 2.32. The summed E-state index contributed by atoms with van der Waals surface area (Å²) in [4.78, 5) is 32.8. The van der Waals surface area contributed by atoms with E-state index in [2.05, 4.69) is 35.0 Å². The number of carbonyl (C=O) groups excluding carboxylic acids is 1. The lowest BCUT2D eigenvalue weighted by Crippen LogP contribution is -2.40. The number of allylic oxidation sites excluding steroid dienone is 1. The second kappa shape index (κ2) is 11.3. The Kier molecular flexibility index (Phi) is 7.39. The first-order valence-electron chi connectivity index (χ1n) is 13.8. The molecule has 0 spiro atoms. The molecule has 0 amide bonds. The lowest BCUT2D eigenvalue weighted by Gasteiger charge is -2.25. The van der Waals surface area contributed by atoms with Gasteiger partial charge in [0, 0.05) is 29.2 Å². The van der Waals surface area contributed by atoms with Gasteiger partial charge in [-0.25, -0.2) is 9.79 Å². The minimum atomic E-state index is -0.681. The van der Waals surface area contributed by atoms with Crippen LogP contribution in [-0.4, -0.2) is 28.3 Å². The summed E-state index contributed by atoms with van der Waals surface area (Å²) in [5, 5.41) is 1.06. The van der Waals surface area contributed by atoms with Crippen LogP contribution in [0.15, 0.2) is 106 Å². The summed E-state index contributed by atoms with van der Waals surface area (Å²) < 4.78 is 15.3. The fourth-order valence-corrected chi connectivity index (χ4v) is 6.44. The molecule has 0 saturated carbocycles. The molecule has 3 heterocycles. The number of carbonyl (C=O) groups is 1. The Labute approximate surface area is 247 Å².